The Bertz CT molecular complexity index is 2250. The smallest absolute Gasteiger partial charge is 0.311 e. The van der Waals surface area contributed by atoms with Crippen molar-refractivity contribution in [1.82, 2.24) is 0 Å². The summed E-state index contributed by atoms with van der Waals surface area (Å²) >= 11 is 0. The van der Waals surface area contributed by atoms with Gasteiger partial charge in [-0.3, -0.25) is 19.2 Å². The molecule has 6 heterocycles. The van der Waals surface area contributed by atoms with Crippen molar-refractivity contribution >= 4 is 23.9 Å². The van der Waals surface area contributed by atoms with Crippen molar-refractivity contribution in [2.24, 2.45) is 11.8 Å². The van der Waals surface area contributed by atoms with Crippen molar-refractivity contribution in [3.05, 3.63) is 0 Å². The molecule has 10 N–H and O–H groups in total. The molecule has 6 aliphatic rings. The third-order valence-corrected chi connectivity index (χ3v) is 19.6. The standard InChI is InChI=1S/C68H118O28/c1-10-13-15-16-17-18-21-24-28-32-45(72)89-58-53(80)55(94-68-61(96-64-51(78)49(76)47(74)43(34-69)87-64)60(92-63(82)37(5)38(6)71)56(41(9)85-68)91-62(81)36(4)12-3)40(8)83-65(58)93-54-39(7)84-66-59(52(54)79)90-46(73)33-29-25-22-19-20-23-27-31-42(30-26-14-11-2)86-67-57(95-66)50(77)48(75)44(35-70)88-67/h36-44,47-61,64-71,74-80H,10-35H2,1-9H3/t36?,37?,38?,39-,40-,41-,42?,43+,44+,47+,48+,49-,50-,51+,52+,53+,54-,55-,56-,57+,58+,59+,60+,61+,64+,65-,66+,67+,68-/m0/s1. The summed E-state index contributed by atoms with van der Waals surface area (Å²) in [4.78, 5) is 55.7. The molecule has 28 heteroatoms. The molecular weight excluding hydrogens is 1260 g/mol. The zero-order chi connectivity index (χ0) is 70.3. The van der Waals surface area contributed by atoms with Crippen LogP contribution in [0.15, 0.2) is 0 Å². The first-order valence-corrected chi connectivity index (χ1v) is 35.9. The number of ether oxygens (including phenoxy) is 14. The molecule has 4 unspecified atom stereocenters. The molecule has 6 rings (SSSR count). The van der Waals surface area contributed by atoms with Crippen LogP contribution in [0.4, 0.5) is 0 Å². The van der Waals surface area contributed by atoms with Gasteiger partial charge < -0.3 is 117 Å². The fourth-order valence-corrected chi connectivity index (χ4v) is 12.9. The molecule has 0 aromatic heterocycles. The molecule has 0 spiro atoms. The summed E-state index contributed by atoms with van der Waals surface area (Å²) < 4.78 is 88.2. The second-order valence-electron chi connectivity index (χ2n) is 27.3. The van der Waals surface area contributed by atoms with E-state index in [4.69, 9.17) is 66.3 Å². The quantitative estimate of drug-likeness (QED) is 0.0289. The van der Waals surface area contributed by atoms with E-state index in [1.165, 1.54) is 34.6 Å². The van der Waals surface area contributed by atoms with E-state index in [9.17, 15) is 70.2 Å². The van der Waals surface area contributed by atoms with Crippen molar-refractivity contribution in [3.8, 4) is 0 Å². The lowest BCUT2D eigenvalue weighted by Crippen LogP contribution is -2.68. The SMILES string of the molecule is CCCCCCCCCCCC(=O)O[C@H]1[C@H](O[C@@H]2[C@@H](O)[C@H]3OC(=O)CCCCCCCCCC(CCCCC)O[C@@H]4O[C@H](CO)[C@@H](O)[C@H](O)[C@H]4O[C@H]3O[C@H]2C)O[C@@H](C)[C@H](O[C@@H]2O[C@@H](C)[C@H](OC(=O)C(C)CC)[C@@H](OC(=O)C(C)C(C)O)[C@H]2O[C@H]2O[C@H](CO)[C@@H](O)[C@H](O)[C@H]2O)[C@H]1O. The van der Waals surface area contributed by atoms with Crippen LogP contribution < -0.4 is 0 Å². The van der Waals surface area contributed by atoms with Gasteiger partial charge in [-0.05, 0) is 66.7 Å². The number of hydrogen-bond acceptors (Lipinski definition) is 28. The minimum Gasteiger partial charge on any atom is -0.455 e. The molecule has 28 nitrogen and oxygen atoms in total. The second-order valence-corrected chi connectivity index (χ2v) is 27.3. The highest BCUT2D eigenvalue weighted by Crippen LogP contribution is 2.40. The first kappa shape index (κ1) is 82.0. The predicted octanol–water partition coefficient (Wildman–Crippen LogP) is 3.84. The Balaban J connectivity index is 1.35. The zero-order valence-electron chi connectivity index (χ0n) is 57.9. The molecule has 29 atom stereocenters. The van der Waals surface area contributed by atoms with Crippen molar-refractivity contribution in [2.45, 2.75) is 382 Å². The summed E-state index contributed by atoms with van der Waals surface area (Å²) in [7, 11) is 0. The zero-order valence-corrected chi connectivity index (χ0v) is 57.9. The minimum atomic E-state index is -2.05. The number of hydrogen-bond donors (Lipinski definition) is 10. The van der Waals surface area contributed by atoms with Crippen LogP contribution in [0, 0.1) is 11.8 Å². The molecule has 0 aromatic rings. The van der Waals surface area contributed by atoms with Crippen LogP contribution in [-0.4, -0.2) is 254 Å². The Hall–Kier alpha value is -2.92. The van der Waals surface area contributed by atoms with Gasteiger partial charge in [0.25, 0.3) is 0 Å². The van der Waals surface area contributed by atoms with Gasteiger partial charge in [0, 0.05) is 12.8 Å². The van der Waals surface area contributed by atoms with Crippen LogP contribution in [0.3, 0.4) is 0 Å². The minimum absolute atomic E-state index is 0.0615. The highest BCUT2D eigenvalue weighted by atomic mass is 16.8. The third kappa shape index (κ3) is 23.0. The summed E-state index contributed by atoms with van der Waals surface area (Å²) in [5.41, 5.74) is 0. The molecule has 96 heavy (non-hydrogen) atoms. The predicted molar refractivity (Wildman–Crippen MR) is 338 cm³/mol. The number of rotatable bonds is 29. The van der Waals surface area contributed by atoms with Crippen LogP contribution >= 0.6 is 0 Å². The van der Waals surface area contributed by atoms with Gasteiger partial charge in [0.1, 0.15) is 73.2 Å². The maximum absolute atomic E-state index is 14.2. The average Bonchev–Trinajstić information content (AvgIpc) is 0.773. The Morgan fingerprint density at radius 3 is 1.62 bits per heavy atom. The largest absolute Gasteiger partial charge is 0.455 e. The van der Waals surface area contributed by atoms with Gasteiger partial charge in [-0.2, -0.15) is 0 Å². The van der Waals surface area contributed by atoms with E-state index >= 15 is 0 Å². The second kappa shape index (κ2) is 41.2. The molecule has 0 aliphatic carbocycles. The van der Waals surface area contributed by atoms with E-state index in [0.717, 1.165) is 96.3 Å². The molecular formula is C68H118O28. The van der Waals surface area contributed by atoms with Gasteiger partial charge in [0.2, 0.25) is 0 Å². The topological polar surface area (TPSA) is 400 Å². The number of carbonyl (C=O) groups excluding carboxylic acids is 4. The Kier molecular flexibility index (Phi) is 35.3. The monoisotopic (exact) mass is 1380 g/mol. The lowest BCUT2D eigenvalue weighted by atomic mass is 9.95. The fourth-order valence-electron chi connectivity index (χ4n) is 12.9. The first-order chi connectivity index (χ1) is 45.9. The number of fused-ring (bicyclic) bond motifs is 2. The summed E-state index contributed by atoms with van der Waals surface area (Å²) in [6.45, 7) is 13.2. The summed E-state index contributed by atoms with van der Waals surface area (Å²) in [5.74, 6) is -5.16. The van der Waals surface area contributed by atoms with Crippen molar-refractivity contribution < 1.29 is 137 Å². The molecule has 0 bridgehead atoms. The van der Waals surface area contributed by atoms with Crippen LogP contribution in [0.2, 0.25) is 0 Å². The molecule has 6 aliphatic heterocycles. The van der Waals surface area contributed by atoms with Gasteiger partial charge in [-0.1, -0.05) is 137 Å². The molecule has 0 saturated carbocycles. The summed E-state index contributed by atoms with van der Waals surface area (Å²) in [6, 6.07) is 0. The van der Waals surface area contributed by atoms with Gasteiger partial charge in [-0.15, -0.1) is 0 Å². The number of unbranched alkanes of at least 4 members (excludes halogenated alkanes) is 10. The Morgan fingerprint density at radius 1 is 0.479 bits per heavy atom. The maximum Gasteiger partial charge on any atom is 0.311 e. The van der Waals surface area contributed by atoms with E-state index < -0.39 is 209 Å². The molecule has 558 valence electrons. The van der Waals surface area contributed by atoms with Gasteiger partial charge in [0.15, 0.2) is 62.0 Å². The fraction of sp³-hybridized carbons (Fsp3) is 0.941. The molecule has 0 aromatic carbocycles. The first-order valence-electron chi connectivity index (χ1n) is 35.9. The summed E-state index contributed by atoms with van der Waals surface area (Å²) in [6.07, 6.45) is -25.2. The number of esters is 4. The number of aliphatic hydroxyl groups is 10. The van der Waals surface area contributed by atoms with E-state index in [-0.39, 0.29) is 18.9 Å². The van der Waals surface area contributed by atoms with Crippen molar-refractivity contribution in [1.29, 1.82) is 0 Å². The average molecular weight is 1380 g/mol. The van der Waals surface area contributed by atoms with Gasteiger partial charge in [-0.25, -0.2) is 0 Å². The molecule has 6 fully saturated rings. The van der Waals surface area contributed by atoms with Crippen molar-refractivity contribution in [2.75, 3.05) is 13.2 Å². The van der Waals surface area contributed by atoms with Gasteiger partial charge in [0.05, 0.1) is 55.6 Å². The molecule has 0 radical (unpaired) electrons. The Labute approximate surface area is 565 Å². The van der Waals surface area contributed by atoms with E-state index in [1.54, 1.807) is 13.8 Å². The lowest BCUT2D eigenvalue weighted by molar-refractivity contribution is -0.396. The lowest BCUT2D eigenvalue weighted by Gasteiger charge is -2.50. The Morgan fingerprint density at radius 2 is 1.00 bits per heavy atom. The van der Waals surface area contributed by atoms with Gasteiger partial charge >= 0.3 is 23.9 Å². The van der Waals surface area contributed by atoms with E-state index in [1.807, 2.05) is 0 Å². The number of aliphatic hydroxyl groups excluding tert-OH is 10. The van der Waals surface area contributed by atoms with Crippen LogP contribution in [0.25, 0.3) is 0 Å². The van der Waals surface area contributed by atoms with Crippen LogP contribution in [0.1, 0.15) is 216 Å². The normalized spacial score (nSPS) is 39.5. The highest BCUT2D eigenvalue weighted by Gasteiger charge is 2.59. The van der Waals surface area contributed by atoms with E-state index in [2.05, 4.69) is 13.8 Å². The van der Waals surface area contributed by atoms with Crippen molar-refractivity contribution in [3.63, 3.8) is 0 Å². The maximum atomic E-state index is 14.2. The number of carbonyl (C=O) groups is 4. The van der Waals surface area contributed by atoms with Crippen LogP contribution in [-0.2, 0) is 85.5 Å². The van der Waals surface area contributed by atoms with E-state index in [0.29, 0.717) is 44.9 Å². The third-order valence-electron chi connectivity index (χ3n) is 19.6. The highest BCUT2D eigenvalue weighted by molar-refractivity contribution is 5.74. The van der Waals surface area contributed by atoms with Crippen LogP contribution in [0.5, 0.6) is 0 Å². The summed E-state index contributed by atoms with van der Waals surface area (Å²) in [5, 5.41) is 113. The molecule has 6 saturated heterocycles. The molecule has 0 amide bonds.